The second-order valence-electron chi connectivity index (χ2n) is 4.93. The number of aromatic nitrogens is 2. The molecule has 0 aliphatic rings. The van der Waals surface area contributed by atoms with Gasteiger partial charge in [-0.2, -0.15) is 5.10 Å². The summed E-state index contributed by atoms with van der Waals surface area (Å²) in [5, 5.41) is 4.96. The topological polar surface area (TPSA) is 61.2 Å². The van der Waals surface area contributed by atoms with Crippen molar-refractivity contribution in [2.75, 3.05) is 0 Å². The fourth-order valence-corrected chi connectivity index (χ4v) is 1.53. The van der Waals surface area contributed by atoms with Crippen LogP contribution in [-0.4, -0.2) is 21.5 Å². The summed E-state index contributed by atoms with van der Waals surface area (Å²) in [6.07, 6.45) is 0.707. The summed E-state index contributed by atoms with van der Waals surface area (Å²) in [4.78, 5) is 23.9. The Morgan fingerprint density at radius 3 is 2.61 bits per heavy atom. The minimum Gasteiger partial charge on any atom is -0.442 e. The van der Waals surface area contributed by atoms with E-state index >= 15 is 0 Å². The lowest BCUT2D eigenvalue weighted by atomic mass is 10.2. The molecule has 1 aromatic heterocycles. The average Bonchev–Trinajstić information content (AvgIpc) is 2.27. The summed E-state index contributed by atoms with van der Waals surface area (Å²) in [6.45, 7) is 5.20. The van der Waals surface area contributed by atoms with Crippen molar-refractivity contribution in [3.63, 3.8) is 0 Å². The van der Waals surface area contributed by atoms with Gasteiger partial charge in [-0.25, -0.2) is 4.79 Å². The van der Waals surface area contributed by atoms with Crippen molar-refractivity contribution in [2.45, 2.75) is 26.4 Å². The molecule has 94 valence electrons. The quantitative estimate of drug-likeness (QED) is 0.714. The first kappa shape index (κ1) is 12.3. The van der Waals surface area contributed by atoms with Crippen LogP contribution in [0.4, 0.5) is 4.79 Å². The van der Waals surface area contributed by atoms with E-state index in [4.69, 9.17) is 4.74 Å². The van der Waals surface area contributed by atoms with Crippen LogP contribution in [0.5, 0.6) is 0 Å². The number of nitrogens with zero attached hydrogens (tertiary/aromatic N) is 2. The van der Waals surface area contributed by atoms with Crippen LogP contribution in [0.15, 0.2) is 35.3 Å². The lowest BCUT2D eigenvalue weighted by molar-refractivity contribution is 0.0506. The Bertz CT molecular complexity index is 653. The molecule has 0 unspecified atom stereocenters. The Balaban J connectivity index is 2.50. The van der Waals surface area contributed by atoms with Crippen LogP contribution in [0.25, 0.3) is 10.8 Å². The van der Waals surface area contributed by atoms with Crippen molar-refractivity contribution in [2.24, 2.45) is 0 Å². The van der Waals surface area contributed by atoms with E-state index in [0.717, 1.165) is 4.68 Å². The third kappa shape index (κ3) is 2.40. The molecular formula is C13H14N2O3. The number of hydrogen-bond donors (Lipinski definition) is 0. The molecule has 2 aromatic rings. The Morgan fingerprint density at radius 1 is 1.28 bits per heavy atom. The standard InChI is InChI=1S/C13H14N2O3/c1-13(2,3)18-12(17)15-11(16)10-7-5-4-6-9(10)8-14-15/h4-8H,1-3H3. The van der Waals surface area contributed by atoms with Gasteiger partial charge in [-0.1, -0.05) is 18.2 Å². The molecule has 5 heteroatoms. The Kier molecular flexibility index (Phi) is 2.90. The van der Waals surface area contributed by atoms with Gasteiger partial charge in [-0.3, -0.25) is 4.79 Å². The van der Waals surface area contributed by atoms with Gasteiger partial charge in [0.15, 0.2) is 0 Å². The summed E-state index contributed by atoms with van der Waals surface area (Å²) in [7, 11) is 0. The largest absolute Gasteiger partial charge is 0.442 e. The molecule has 18 heavy (non-hydrogen) atoms. The second kappa shape index (κ2) is 4.25. The number of benzene rings is 1. The first-order valence-corrected chi connectivity index (χ1v) is 5.59. The molecule has 0 aliphatic heterocycles. The van der Waals surface area contributed by atoms with Crippen molar-refractivity contribution < 1.29 is 9.53 Å². The molecule has 0 aliphatic carbocycles. The zero-order chi connectivity index (χ0) is 13.3. The predicted molar refractivity (Wildman–Crippen MR) is 67.6 cm³/mol. The molecule has 1 heterocycles. The van der Waals surface area contributed by atoms with Crippen LogP contribution in [0.2, 0.25) is 0 Å². The highest BCUT2D eigenvalue weighted by atomic mass is 16.6. The van der Waals surface area contributed by atoms with Gasteiger partial charge in [-0.05, 0) is 26.8 Å². The van der Waals surface area contributed by atoms with E-state index in [2.05, 4.69) is 5.10 Å². The lowest BCUT2D eigenvalue weighted by Crippen LogP contribution is -2.35. The van der Waals surface area contributed by atoms with E-state index in [-0.39, 0.29) is 0 Å². The number of rotatable bonds is 0. The van der Waals surface area contributed by atoms with Crippen molar-refractivity contribution in [1.82, 2.24) is 9.78 Å². The number of carbonyl (C=O) groups is 1. The van der Waals surface area contributed by atoms with Gasteiger partial charge < -0.3 is 4.74 Å². The molecule has 0 spiro atoms. The Labute approximate surface area is 104 Å². The third-order valence-corrected chi connectivity index (χ3v) is 2.26. The van der Waals surface area contributed by atoms with Gasteiger partial charge in [0.1, 0.15) is 5.60 Å². The van der Waals surface area contributed by atoms with Crippen molar-refractivity contribution in [3.8, 4) is 0 Å². The molecule has 5 nitrogen and oxygen atoms in total. The Hall–Kier alpha value is -2.17. The fourth-order valence-electron chi connectivity index (χ4n) is 1.53. The lowest BCUT2D eigenvalue weighted by Gasteiger charge is -2.19. The highest BCUT2D eigenvalue weighted by Gasteiger charge is 2.20. The van der Waals surface area contributed by atoms with Gasteiger partial charge in [0.05, 0.1) is 11.6 Å². The smallest absolute Gasteiger partial charge is 0.438 e. The highest BCUT2D eigenvalue weighted by Crippen LogP contribution is 2.09. The minimum absolute atomic E-state index is 0.443. The van der Waals surface area contributed by atoms with Gasteiger partial charge in [-0.15, -0.1) is 4.68 Å². The summed E-state index contributed by atoms with van der Waals surface area (Å²) >= 11 is 0. The molecule has 0 bridgehead atoms. The molecule has 0 fully saturated rings. The average molecular weight is 246 g/mol. The zero-order valence-corrected chi connectivity index (χ0v) is 10.5. The first-order chi connectivity index (χ1) is 8.38. The fraction of sp³-hybridized carbons (Fsp3) is 0.308. The Morgan fingerprint density at radius 2 is 1.94 bits per heavy atom. The monoisotopic (exact) mass is 246 g/mol. The van der Waals surface area contributed by atoms with E-state index < -0.39 is 17.3 Å². The molecule has 2 rings (SSSR count). The summed E-state index contributed by atoms with van der Waals surface area (Å²) in [5.41, 5.74) is -1.13. The van der Waals surface area contributed by atoms with Crippen molar-refractivity contribution in [1.29, 1.82) is 0 Å². The second-order valence-corrected chi connectivity index (χ2v) is 4.93. The maximum absolute atomic E-state index is 12.1. The maximum atomic E-state index is 12.1. The molecule has 0 N–H and O–H groups in total. The van der Waals surface area contributed by atoms with Gasteiger partial charge >= 0.3 is 6.09 Å². The molecule has 0 saturated carbocycles. The maximum Gasteiger partial charge on any atom is 0.438 e. The van der Waals surface area contributed by atoms with Gasteiger partial charge in [0.25, 0.3) is 5.56 Å². The van der Waals surface area contributed by atoms with E-state index in [9.17, 15) is 9.59 Å². The van der Waals surface area contributed by atoms with Crippen LogP contribution >= 0.6 is 0 Å². The number of fused-ring (bicyclic) bond motifs is 1. The normalized spacial score (nSPS) is 11.5. The van der Waals surface area contributed by atoms with Gasteiger partial charge in [0, 0.05) is 5.39 Å². The molecule has 1 aromatic carbocycles. The van der Waals surface area contributed by atoms with Crippen LogP contribution in [0.1, 0.15) is 20.8 Å². The molecule has 0 amide bonds. The van der Waals surface area contributed by atoms with E-state index in [1.165, 1.54) is 6.20 Å². The van der Waals surface area contributed by atoms with Crippen molar-refractivity contribution >= 4 is 16.9 Å². The van der Waals surface area contributed by atoms with Crippen molar-refractivity contribution in [3.05, 3.63) is 40.8 Å². The van der Waals surface area contributed by atoms with Crippen LogP contribution in [-0.2, 0) is 4.74 Å². The van der Waals surface area contributed by atoms with E-state index in [1.807, 2.05) is 0 Å². The third-order valence-electron chi connectivity index (χ3n) is 2.26. The van der Waals surface area contributed by atoms with Crippen LogP contribution in [0.3, 0.4) is 0 Å². The molecule has 0 atom stereocenters. The molecule has 0 saturated heterocycles. The SMILES string of the molecule is CC(C)(C)OC(=O)n1ncc2ccccc2c1=O. The summed E-state index contributed by atoms with van der Waals surface area (Å²) in [6, 6.07) is 6.97. The van der Waals surface area contributed by atoms with E-state index in [0.29, 0.717) is 10.8 Å². The van der Waals surface area contributed by atoms with E-state index in [1.54, 1.807) is 45.0 Å². The highest BCUT2D eigenvalue weighted by molar-refractivity contribution is 5.82. The van der Waals surface area contributed by atoms with Crippen LogP contribution < -0.4 is 5.56 Å². The molecular weight excluding hydrogens is 232 g/mol. The van der Waals surface area contributed by atoms with Gasteiger partial charge in [0.2, 0.25) is 0 Å². The molecule has 0 radical (unpaired) electrons. The summed E-state index contributed by atoms with van der Waals surface area (Å²) in [5.74, 6) is 0. The zero-order valence-electron chi connectivity index (χ0n) is 10.5. The summed E-state index contributed by atoms with van der Waals surface area (Å²) < 4.78 is 5.86. The predicted octanol–water partition coefficient (Wildman–Crippen LogP) is 2.18. The first-order valence-electron chi connectivity index (χ1n) is 5.59. The number of ether oxygens (including phenoxy) is 1. The minimum atomic E-state index is -0.766. The number of carbonyl (C=O) groups excluding carboxylic acids is 1. The number of hydrogen-bond acceptors (Lipinski definition) is 4. The van der Waals surface area contributed by atoms with Crippen LogP contribution in [0, 0.1) is 0 Å².